The van der Waals surface area contributed by atoms with Crippen LogP contribution in [-0.2, 0) is 9.47 Å². The van der Waals surface area contributed by atoms with Gasteiger partial charge in [-0.2, -0.15) is 5.26 Å². The summed E-state index contributed by atoms with van der Waals surface area (Å²) in [5.74, 6) is 0.419. The van der Waals surface area contributed by atoms with Crippen LogP contribution in [0.2, 0.25) is 10.0 Å². The summed E-state index contributed by atoms with van der Waals surface area (Å²) in [7, 11) is 1.72. The van der Waals surface area contributed by atoms with Crippen LogP contribution in [-0.4, -0.2) is 51.0 Å². The highest BCUT2D eigenvalue weighted by atomic mass is 35.5. The van der Waals surface area contributed by atoms with Gasteiger partial charge < -0.3 is 14.4 Å². The van der Waals surface area contributed by atoms with Gasteiger partial charge in [0.25, 0.3) is 0 Å². The Hall–Kier alpha value is -3.08. The van der Waals surface area contributed by atoms with Gasteiger partial charge in [0, 0.05) is 35.3 Å². The maximum Gasteiger partial charge on any atom is 0.411 e. The number of halogens is 2. The smallest absolute Gasteiger partial charge is 0.411 e. The van der Waals surface area contributed by atoms with Crippen molar-refractivity contribution in [1.82, 2.24) is 4.90 Å². The van der Waals surface area contributed by atoms with Crippen molar-refractivity contribution in [2.75, 3.05) is 45.3 Å². The van der Waals surface area contributed by atoms with Gasteiger partial charge in [0.15, 0.2) is 0 Å². The summed E-state index contributed by atoms with van der Waals surface area (Å²) in [5, 5.41) is 12.8. The Morgan fingerprint density at radius 1 is 1.05 bits per heavy atom. The Morgan fingerprint density at radius 2 is 1.76 bits per heavy atom. The Morgan fingerprint density at radius 3 is 2.42 bits per heavy atom. The fraction of sp³-hybridized carbons (Fsp3) is 0.333. The normalized spacial score (nSPS) is 15.0. The van der Waals surface area contributed by atoms with Gasteiger partial charge in [0.1, 0.15) is 6.61 Å². The number of nitrogens with zero attached hydrogens (tertiary/aromatic N) is 2. The number of likely N-dealkylation sites (tertiary alicyclic amines) is 1. The van der Waals surface area contributed by atoms with Crippen LogP contribution in [0.15, 0.2) is 66.7 Å². The average Bonchev–Trinajstić information content (AvgIpc) is 2.92. The summed E-state index contributed by atoms with van der Waals surface area (Å²) in [6.07, 6.45) is 1.47. The summed E-state index contributed by atoms with van der Waals surface area (Å²) in [4.78, 5) is 15.1. The molecule has 1 unspecified atom stereocenters. The monoisotopic (exact) mass is 551 g/mol. The van der Waals surface area contributed by atoms with Crippen LogP contribution in [0, 0.1) is 17.2 Å². The number of hydrogen-bond donors (Lipinski definition) is 1. The Kier molecular flexibility index (Phi) is 10.0. The molecule has 1 aliphatic heterocycles. The van der Waals surface area contributed by atoms with E-state index in [0.29, 0.717) is 27.2 Å². The molecule has 1 amide bonds. The number of amides is 1. The van der Waals surface area contributed by atoms with E-state index in [1.807, 2.05) is 18.2 Å². The first-order chi connectivity index (χ1) is 18.4. The lowest BCUT2D eigenvalue weighted by atomic mass is 9.80. The number of nitrogens with one attached hydrogen (secondary N) is 1. The number of anilines is 1. The third-order valence-electron chi connectivity index (χ3n) is 6.98. The molecule has 0 aliphatic carbocycles. The molecule has 3 aromatic rings. The van der Waals surface area contributed by atoms with Gasteiger partial charge in [0.2, 0.25) is 0 Å². The van der Waals surface area contributed by atoms with Gasteiger partial charge >= 0.3 is 6.09 Å². The Labute approximate surface area is 234 Å². The number of ether oxygens (including phenoxy) is 2. The number of piperidine rings is 1. The van der Waals surface area contributed by atoms with Crippen LogP contribution in [0.1, 0.15) is 29.9 Å². The average molecular weight is 553 g/mol. The number of carbonyl (C=O) groups excluding carboxylic acids is 1. The fourth-order valence-electron chi connectivity index (χ4n) is 4.94. The highest BCUT2D eigenvalue weighted by Gasteiger charge is 2.29. The van der Waals surface area contributed by atoms with Gasteiger partial charge in [-0.25, -0.2) is 4.79 Å². The van der Waals surface area contributed by atoms with Crippen molar-refractivity contribution in [3.8, 4) is 17.2 Å². The Balaban J connectivity index is 1.48. The van der Waals surface area contributed by atoms with Crippen LogP contribution in [0.5, 0.6) is 0 Å². The molecule has 1 atom stereocenters. The fourth-order valence-corrected chi connectivity index (χ4v) is 5.47. The lowest BCUT2D eigenvalue weighted by molar-refractivity contribution is 0.0969. The molecule has 0 bridgehead atoms. The van der Waals surface area contributed by atoms with E-state index in [1.54, 1.807) is 31.4 Å². The molecule has 0 saturated carbocycles. The summed E-state index contributed by atoms with van der Waals surface area (Å²) < 4.78 is 11.0. The summed E-state index contributed by atoms with van der Waals surface area (Å²) >= 11 is 12.1. The first-order valence-electron chi connectivity index (χ1n) is 12.7. The lowest BCUT2D eigenvalue weighted by Crippen LogP contribution is -2.38. The van der Waals surface area contributed by atoms with Crippen LogP contribution in [0.3, 0.4) is 0 Å². The topological polar surface area (TPSA) is 74.6 Å². The Bertz CT molecular complexity index is 1250. The number of methoxy groups -OCH3 is 1. The molecule has 1 heterocycles. The minimum Gasteiger partial charge on any atom is -0.449 e. The second-order valence-electron chi connectivity index (χ2n) is 9.47. The molecule has 0 spiro atoms. The van der Waals surface area contributed by atoms with E-state index in [-0.39, 0.29) is 12.5 Å². The largest absolute Gasteiger partial charge is 0.449 e. The van der Waals surface area contributed by atoms with Crippen LogP contribution in [0.4, 0.5) is 10.5 Å². The minimum absolute atomic E-state index is 0.0489. The number of benzene rings is 3. The van der Waals surface area contributed by atoms with Crippen LogP contribution >= 0.6 is 23.2 Å². The van der Waals surface area contributed by atoms with E-state index in [2.05, 4.69) is 40.6 Å². The second-order valence-corrected chi connectivity index (χ2v) is 10.3. The molecule has 1 saturated heterocycles. The van der Waals surface area contributed by atoms with E-state index in [4.69, 9.17) is 32.7 Å². The highest BCUT2D eigenvalue weighted by molar-refractivity contribution is 6.35. The van der Waals surface area contributed by atoms with Crippen molar-refractivity contribution in [2.45, 2.75) is 18.8 Å². The number of rotatable bonds is 9. The second kappa shape index (κ2) is 13.6. The van der Waals surface area contributed by atoms with Crippen molar-refractivity contribution in [3.63, 3.8) is 0 Å². The van der Waals surface area contributed by atoms with E-state index in [9.17, 15) is 10.1 Å². The zero-order valence-electron chi connectivity index (χ0n) is 21.3. The van der Waals surface area contributed by atoms with Gasteiger partial charge in [0.05, 0.1) is 18.2 Å². The third-order valence-corrected chi connectivity index (χ3v) is 7.42. The van der Waals surface area contributed by atoms with Gasteiger partial charge in [-0.05, 0) is 78.9 Å². The molecule has 38 heavy (non-hydrogen) atoms. The molecule has 1 fully saturated rings. The van der Waals surface area contributed by atoms with Crippen LogP contribution in [0.25, 0.3) is 11.1 Å². The molecule has 3 aromatic carbocycles. The molecule has 0 radical (unpaired) electrons. The van der Waals surface area contributed by atoms with Crippen molar-refractivity contribution in [3.05, 3.63) is 87.9 Å². The van der Waals surface area contributed by atoms with E-state index >= 15 is 0 Å². The first-order valence-corrected chi connectivity index (χ1v) is 13.4. The van der Waals surface area contributed by atoms with Crippen molar-refractivity contribution < 1.29 is 14.3 Å². The first kappa shape index (κ1) is 27.9. The molecule has 6 nitrogen and oxygen atoms in total. The number of carbonyl (C=O) groups is 1. The highest BCUT2D eigenvalue weighted by Crippen LogP contribution is 2.34. The molecule has 0 aromatic heterocycles. The van der Waals surface area contributed by atoms with Gasteiger partial charge in [-0.1, -0.05) is 59.6 Å². The summed E-state index contributed by atoms with van der Waals surface area (Å²) in [5.41, 5.74) is 4.27. The molecular weight excluding hydrogens is 521 g/mol. The molecule has 8 heteroatoms. The predicted octanol–water partition coefficient (Wildman–Crippen LogP) is 7.22. The molecule has 4 rings (SSSR count). The molecule has 198 valence electrons. The lowest BCUT2D eigenvalue weighted by Gasteiger charge is -2.36. The number of hydrogen-bond acceptors (Lipinski definition) is 5. The zero-order chi connectivity index (χ0) is 26.9. The minimum atomic E-state index is -0.546. The van der Waals surface area contributed by atoms with Crippen LogP contribution < -0.4 is 5.32 Å². The quantitative estimate of drug-likeness (QED) is 0.303. The van der Waals surface area contributed by atoms with Gasteiger partial charge in [-0.15, -0.1) is 0 Å². The van der Waals surface area contributed by atoms with E-state index in [1.165, 1.54) is 0 Å². The van der Waals surface area contributed by atoms with E-state index in [0.717, 1.165) is 55.8 Å². The van der Waals surface area contributed by atoms with Gasteiger partial charge in [-0.3, -0.25) is 5.32 Å². The zero-order valence-corrected chi connectivity index (χ0v) is 22.8. The van der Waals surface area contributed by atoms with Crippen molar-refractivity contribution in [2.24, 2.45) is 5.92 Å². The predicted molar refractivity (Wildman–Crippen MR) is 152 cm³/mol. The molecule has 1 aliphatic rings. The maximum atomic E-state index is 12.7. The summed E-state index contributed by atoms with van der Waals surface area (Å²) in [6, 6.07) is 23.0. The van der Waals surface area contributed by atoms with E-state index < -0.39 is 6.09 Å². The maximum absolute atomic E-state index is 12.7. The van der Waals surface area contributed by atoms with Crippen molar-refractivity contribution >= 4 is 35.0 Å². The summed E-state index contributed by atoms with van der Waals surface area (Å²) in [6.45, 7) is 3.87. The standard InChI is InChI=1S/C30H31Cl2N3O3/c1-37-14-13-35-11-9-24(10-12-35)29(20-38-30(36)34-28-17-26(31)16-27(32)18-28)23-7-5-22(6-8-23)25-4-2-3-21(15-25)19-33/h2-8,15-18,24,29H,9-14,20H2,1H3,(H,34,36). The molecule has 1 N–H and O–H groups in total. The SMILES string of the molecule is COCCN1CCC(C(COC(=O)Nc2cc(Cl)cc(Cl)c2)c2ccc(-c3cccc(C#N)c3)cc2)CC1. The molecular formula is C30H31Cl2N3O3. The van der Waals surface area contributed by atoms with Crippen molar-refractivity contribution in [1.29, 1.82) is 5.26 Å². The third kappa shape index (κ3) is 7.72. The number of nitriles is 1.